The van der Waals surface area contributed by atoms with Crippen molar-refractivity contribution in [3.05, 3.63) is 0 Å². The number of thioether (sulfide) groups is 1. The molecule has 80 valence electrons. The molecule has 0 saturated carbocycles. The zero-order chi connectivity index (χ0) is 10.6. The van der Waals surface area contributed by atoms with Crippen LogP contribution in [0.15, 0.2) is 4.99 Å². The maximum Gasteiger partial charge on any atom is 0.223 e. The maximum atomic E-state index is 11.2. The summed E-state index contributed by atoms with van der Waals surface area (Å²) in [4.78, 5) is 17.1. The number of nitrogens with one attached hydrogen (secondary N) is 1. The van der Waals surface area contributed by atoms with Gasteiger partial charge in [0.05, 0.1) is 6.54 Å². The molecular weight excluding hydrogens is 198 g/mol. The molecule has 1 aliphatic rings. The van der Waals surface area contributed by atoms with Crippen LogP contribution in [0.3, 0.4) is 0 Å². The van der Waals surface area contributed by atoms with Crippen molar-refractivity contribution in [3.63, 3.8) is 0 Å². The smallest absolute Gasteiger partial charge is 0.223 e. The third kappa shape index (κ3) is 3.57. The van der Waals surface area contributed by atoms with Crippen LogP contribution >= 0.6 is 11.8 Å². The Balaban J connectivity index is 2.23. The van der Waals surface area contributed by atoms with Gasteiger partial charge in [0, 0.05) is 32.3 Å². The lowest BCUT2D eigenvalue weighted by Gasteiger charge is -2.08. The summed E-state index contributed by atoms with van der Waals surface area (Å²) < 4.78 is 0. The SMILES string of the molecule is CC1CSC(=NCCC(=O)N(C)C)N1. The number of nitrogens with zero attached hydrogens (tertiary/aromatic N) is 2. The standard InChI is InChI=1S/C9H17N3OS/c1-7-6-14-9(11-7)10-5-4-8(13)12(2)3/h7H,4-6H2,1-3H3,(H,10,11). The molecule has 5 heteroatoms. The number of hydrogen-bond donors (Lipinski definition) is 1. The minimum Gasteiger partial charge on any atom is -0.362 e. The number of carbonyl (C=O) groups is 1. The monoisotopic (exact) mass is 215 g/mol. The van der Waals surface area contributed by atoms with Crippen molar-refractivity contribution in [1.82, 2.24) is 10.2 Å². The lowest BCUT2D eigenvalue weighted by Crippen LogP contribution is -2.24. The second-order valence-corrected chi connectivity index (χ2v) is 4.59. The Morgan fingerprint density at radius 3 is 2.93 bits per heavy atom. The summed E-state index contributed by atoms with van der Waals surface area (Å²) in [6.45, 7) is 2.71. The van der Waals surface area contributed by atoms with Crippen LogP contribution in [0.4, 0.5) is 0 Å². The molecule has 0 bridgehead atoms. The first-order valence-corrected chi connectivity index (χ1v) is 5.72. The third-order valence-electron chi connectivity index (χ3n) is 1.92. The summed E-state index contributed by atoms with van der Waals surface area (Å²) in [6, 6.07) is 0.503. The van der Waals surface area contributed by atoms with Gasteiger partial charge in [-0.25, -0.2) is 0 Å². The van der Waals surface area contributed by atoms with E-state index < -0.39 is 0 Å². The van der Waals surface area contributed by atoms with Crippen molar-refractivity contribution in [2.75, 3.05) is 26.4 Å². The Bertz CT molecular complexity index is 240. The molecule has 1 saturated heterocycles. The van der Waals surface area contributed by atoms with E-state index in [1.54, 1.807) is 30.8 Å². The summed E-state index contributed by atoms with van der Waals surface area (Å²) in [5.41, 5.74) is 0. The topological polar surface area (TPSA) is 44.7 Å². The lowest BCUT2D eigenvalue weighted by atomic mass is 10.4. The van der Waals surface area contributed by atoms with E-state index in [4.69, 9.17) is 0 Å². The van der Waals surface area contributed by atoms with E-state index in [0.29, 0.717) is 19.0 Å². The van der Waals surface area contributed by atoms with E-state index in [2.05, 4.69) is 17.2 Å². The zero-order valence-corrected chi connectivity index (χ0v) is 9.73. The van der Waals surface area contributed by atoms with Crippen LogP contribution in [-0.2, 0) is 4.79 Å². The molecule has 0 aromatic rings. The van der Waals surface area contributed by atoms with Crippen LogP contribution in [0.5, 0.6) is 0 Å². The Morgan fingerprint density at radius 1 is 1.71 bits per heavy atom. The molecule has 14 heavy (non-hydrogen) atoms. The van der Waals surface area contributed by atoms with Gasteiger partial charge in [-0.05, 0) is 6.92 Å². The first-order valence-electron chi connectivity index (χ1n) is 4.73. The van der Waals surface area contributed by atoms with Crippen LogP contribution in [0.2, 0.25) is 0 Å². The molecule has 0 aromatic heterocycles. The Morgan fingerprint density at radius 2 is 2.43 bits per heavy atom. The second kappa shape index (κ2) is 5.24. The van der Waals surface area contributed by atoms with Crippen molar-refractivity contribution in [1.29, 1.82) is 0 Å². The predicted molar refractivity (Wildman–Crippen MR) is 60.7 cm³/mol. The number of hydrogen-bond acceptors (Lipinski definition) is 3. The van der Waals surface area contributed by atoms with E-state index in [9.17, 15) is 4.79 Å². The van der Waals surface area contributed by atoms with Gasteiger partial charge in [0.1, 0.15) is 0 Å². The molecule has 0 radical (unpaired) electrons. The molecule has 1 fully saturated rings. The van der Waals surface area contributed by atoms with E-state index in [-0.39, 0.29) is 5.91 Å². The average Bonchev–Trinajstić information content (AvgIpc) is 2.51. The van der Waals surface area contributed by atoms with Crippen LogP contribution < -0.4 is 5.32 Å². The normalized spacial score (nSPS) is 23.6. The van der Waals surface area contributed by atoms with Gasteiger partial charge < -0.3 is 10.2 Å². The van der Waals surface area contributed by atoms with Crippen LogP contribution in [0.25, 0.3) is 0 Å². The summed E-state index contributed by atoms with van der Waals surface area (Å²) in [5.74, 6) is 1.20. The highest BCUT2D eigenvalue weighted by Crippen LogP contribution is 2.12. The van der Waals surface area contributed by atoms with Gasteiger partial charge in [-0.2, -0.15) is 0 Å². The van der Waals surface area contributed by atoms with Crippen LogP contribution in [-0.4, -0.2) is 48.4 Å². The minimum atomic E-state index is 0.130. The molecule has 1 rings (SSSR count). The molecule has 1 atom stereocenters. The van der Waals surface area contributed by atoms with Gasteiger partial charge >= 0.3 is 0 Å². The van der Waals surface area contributed by atoms with Gasteiger partial charge in [0.2, 0.25) is 5.91 Å². The third-order valence-corrected chi connectivity index (χ3v) is 3.11. The Labute approximate surface area is 89.1 Å². The van der Waals surface area contributed by atoms with Gasteiger partial charge in [0.25, 0.3) is 0 Å². The first kappa shape index (κ1) is 11.4. The summed E-state index contributed by atoms with van der Waals surface area (Å²) in [7, 11) is 3.53. The van der Waals surface area contributed by atoms with Crippen molar-refractivity contribution >= 4 is 22.8 Å². The molecule has 1 N–H and O–H groups in total. The zero-order valence-electron chi connectivity index (χ0n) is 8.91. The Kier molecular flexibility index (Phi) is 4.25. The molecule has 0 aliphatic carbocycles. The molecule has 4 nitrogen and oxygen atoms in total. The largest absolute Gasteiger partial charge is 0.362 e. The predicted octanol–water partition coefficient (Wildman–Crippen LogP) is 0.546. The molecule has 0 spiro atoms. The van der Waals surface area contributed by atoms with Gasteiger partial charge in [-0.3, -0.25) is 9.79 Å². The molecule has 1 amide bonds. The number of aliphatic imine (C=N–C) groups is 1. The highest BCUT2D eigenvalue weighted by molar-refractivity contribution is 8.14. The molecule has 1 unspecified atom stereocenters. The number of amides is 1. The summed E-state index contributed by atoms with van der Waals surface area (Å²) in [5, 5.41) is 4.22. The van der Waals surface area contributed by atoms with Crippen LogP contribution in [0.1, 0.15) is 13.3 Å². The van der Waals surface area contributed by atoms with Gasteiger partial charge in [-0.15, -0.1) is 0 Å². The first-order chi connectivity index (χ1) is 6.59. The van der Waals surface area contributed by atoms with E-state index in [1.165, 1.54) is 0 Å². The van der Waals surface area contributed by atoms with Gasteiger partial charge in [-0.1, -0.05) is 11.8 Å². The van der Waals surface area contributed by atoms with Crippen molar-refractivity contribution in [3.8, 4) is 0 Å². The minimum absolute atomic E-state index is 0.130. The highest BCUT2D eigenvalue weighted by Gasteiger charge is 2.14. The molecule has 1 heterocycles. The highest BCUT2D eigenvalue weighted by atomic mass is 32.2. The van der Waals surface area contributed by atoms with Crippen LogP contribution in [0, 0.1) is 0 Å². The fourth-order valence-corrected chi connectivity index (χ4v) is 2.02. The molecular formula is C9H17N3OS. The second-order valence-electron chi connectivity index (χ2n) is 3.58. The van der Waals surface area contributed by atoms with E-state index in [0.717, 1.165) is 10.9 Å². The van der Waals surface area contributed by atoms with Crippen molar-refractivity contribution in [2.45, 2.75) is 19.4 Å². The Hall–Kier alpha value is -0.710. The number of amidine groups is 1. The maximum absolute atomic E-state index is 11.2. The fourth-order valence-electron chi connectivity index (χ4n) is 1.07. The average molecular weight is 215 g/mol. The van der Waals surface area contributed by atoms with Crippen molar-refractivity contribution < 1.29 is 4.79 Å². The van der Waals surface area contributed by atoms with E-state index in [1.807, 2.05) is 0 Å². The quantitative estimate of drug-likeness (QED) is 0.747. The number of carbonyl (C=O) groups excluding carboxylic acids is 1. The van der Waals surface area contributed by atoms with Crippen molar-refractivity contribution in [2.24, 2.45) is 4.99 Å². The molecule has 1 aliphatic heterocycles. The summed E-state index contributed by atoms with van der Waals surface area (Å²) in [6.07, 6.45) is 0.493. The summed E-state index contributed by atoms with van der Waals surface area (Å²) >= 11 is 1.72. The fraction of sp³-hybridized carbons (Fsp3) is 0.778. The number of rotatable bonds is 3. The molecule has 0 aromatic carbocycles. The van der Waals surface area contributed by atoms with E-state index >= 15 is 0 Å². The van der Waals surface area contributed by atoms with Gasteiger partial charge in [0.15, 0.2) is 5.17 Å². The lowest BCUT2D eigenvalue weighted by molar-refractivity contribution is -0.128.